The van der Waals surface area contributed by atoms with Gasteiger partial charge in [0.2, 0.25) is 11.8 Å². The van der Waals surface area contributed by atoms with Gasteiger partial charge in [-0.05, 0) is 24.3 Å². The molecule has 24 heavy (non-hydrogen) atoms. The maximum atomic E-state index is 11.8. The summed E-state index contributed by atoms with van der Waals surface area (Å²) in [5.41, 5.74) is 6.36. The molecule has 0 bridgehead atoms. The van der Waals surface area contributed by atoms with E-state index < -0.39 is 30.9 Å². The van der Waals surface area contributed by atoms with Crippen molar-refractivity contribution < 1.29 is 24.6 Å². The highest BCUT2D eigenvalue weighted by atomic mass is 16.4. The number of anilines is 1. The van der Waals surface area contributed by atoms with Gasteiger partial charge in [0.15, 0.2) is 0 Å². The summed E-state index contributed by atoms with van der Waals surface area (Å²) in [5.74, 6) is -2.12. The predicted molar refractivity (Wildman–Crippen MR) is 86.6 cm³/mol. The molecule has 0 aliphatic carbocycles. The van der Waals surface area contributed by atoms with Crippen LogP contribution in [-0.4, -0.2) is 46.5 Å². The molecule has 1 aromatic rings. The van der Waals surface area contributed by atoms with Crippen molar-refractivity contribution in [2.45, 2.75) is 25.3 Å². The van der Waals surface area contributed by atoms with E-state index in [2.05, 4.69) is 10.6 Å². The Balaban J connectivity index is 2.41. The second kappa shape index (κ2) is 9.26. The van der Waals surface area contributed by atoms with Crippen LogP contribution in [0, 0.1) is 5.41 Å². The summed E-state index contributed by atoms with van der Waals surface area (Å²) in [4.78, 5) is 33.9. The van der Waals surface area contributed by atoms with Crippen LogP contribution in [0.5, 0.6) is 0 Å². The minimum atomic E-state index is -1.14. The maximum Gasteiger partial charge on any atom is 0.305 e. The number of benzene rings is 1. The van der Waals surface area contributed by atoms with Crippen molar-refractivity contribution in [3.8, 4) is 0 Å². The van der Waals surface area contributed by atoms with Crippen LogP contribution in [0.15, 0.2) is 24.3 Å². The van der Waals surface area contributed by atoms with Crippen molar-refractivity contribution in [1.82, 2.24) is 5.32 Å². The summed E-state index contributed by atoms with van der Waals surface area (Å²) < 4.78 is 0. The molecule has 0 saturated carbocycles. The molecule has 9 heteroatoms. The second-order valence-corrected chi connectivity index (χ2v) is 5.08. The third kappa shape index (κ3) is 6.88. The van der Waals surface area contributed by atoms with Crippen LogP contribution in [0.25, 0.3) is 0 Å². The monoisotopic (exact) mass is 336 g/mol. The van der Waals surface area contributed by atoms with Gasteiger partial charge in [-0.1, -0.05) is 0 Å². The van der Waals surface area contributed by atoms with Crippen molar-refractivity contribution in [2.75, 3.05) is 11.9 Å². The van der Waals surface area contributed by atoms with E-state index in [-0.39, 0.29) is 24.6 Å². The average Bonchev–Trinajstić information content (AvgIpc) is 2.52. The lowest BCUT2D eigenvalue weighted by atomic mass is 10.2. The van der Waals surface area contributed by atoms with E-state index in [1.165, 1.54) is 0 Å². The number of aliphatic hydroxyl groups excluding tert-OH is 1. The number of carboxylic acid groups (broad SMARTS) is 1. The number of carboxylic acids is 1. The first-order chi connectivity index (χ1) is 11.3. The number of nitrogen functional groups attached to an aromatic ring is 1. The summed E-state index contributed by atoms with van der Waals surface area (Å²) in [6.45, 7) is -0.493. The minimum absolute atomic E-state index is 0.0793. The first-order valence-electron chi connectivity index (χ1n) is 7.18. The number of nitrogens with two attached hydrogens (primary N) is 1. The molecule has 7 N–H and O–H groups in total. The molecule has 2 amide bonds. The zero-order valence-electron chi connectivity index (χ0n) is 12.9. The molecule has 0 saturated heterocycles. The molecule has 1 atom stereocenters. The highest BCUT2D eigenvalue weighted by Crippen LogP contribution is 2.10. The van der Waals surface area contributed by atoms with Crippen molar-refractivity contribution in [3.63, 3.8) is 0 Å². The van der Waals surface area contributed by atoms with Gasteiger partial charge in [-0.3, -0.25) is 19.8 Å². The van der Waals surface area contributed by atoms with Crippen molar-refractivity contribution in [2.24, 2.45) is 5.73 Å². The molecular formula is C15H20N4O5. The Bertz CT molecular complexity index is 615. The molecule has 0 aromatic heterocycles. The number of rotatable bonds is 9. The van der Waals surface area contributed by atoms with Gasteiger partial charge >= 0.3 is 5.97 Å². The number of carbonyl (C=O) groups is 3. The Labute approximate surface area is 138 Å². The Morgan fingerprint density at radius 2 is 1.71 bits per heavy atom. The Morgan fingerprint density at radius 1 is 1.12 bits per heavy atom. The van der Waals surface area contributed by atoms with Crippen LogP contribution in [0.4, 0.5) is 5.69 Å². The number of aliphatic carboxylic acids is 1. The minimum Gasteiger partial charge on any atom is -0.481 e. The van der Waals surface area contributed by atoms with Gasteiger partial charge in [-0.25, -0.2) is 0 Å². The Kier molecular flexibility index (Phi) is 7.37. The summed E-state index contributed by atoms with van der Waals surface area (Å²) in [6.07, 6.45) is -0.615. The topological polar surface area (TPSA) is 166 Å². The van der Waals surface area contributed by atoms with Gasteiger partial charge in [0.25, 0.3) is 0 Å². The quantitative estimate of drug-likeness (QED) is 0.266. The highest BCUT2D eigenvalue weighted by Gasteiger charge is 2.15. The predicted octanol–water partition coefficient (Wildman–Crippen LogP) is -0.359. The van der Waals surface area contributed by atoms with Crippen molar-refractivity contribution >= 4 is 29.3 Å². The molecule has 1 aromatic carbocycles. The van der Waals surface area contributed by atoms with Crippen molar-refractivity contribution in [3.05, 3.63) is 29.8 Å². The summed E-state index contributed by atoms with van der Waals surface area (Å²) in [7, 11) is 0. The summed E-state index contributed by atoms with van der Waals surface area (Å²) in [5, 5.41) is 29.8. The lowest BCUT2D eigenvalue weighted by Crippen LogP contribution is -2.39. The molecule has 0 fully saturated rings. The lowest BCUT2D eigenvalue weighted by Gasteiger charge is -2.14. The standard InChI is InChI=1S/C15H20N4O5/c16-15(17)9-1-3-10(4-2-9)18-12(21)5-6-13(22)19-11(8-20)7-14(23)24/h1-4,11,20H,5-8H2,(H3,16,17)(H,18,21)(H,19,22)(H,23,24)/t11-/m0/s1. The average molecular weight is 336 g/mol. The molecule has 0 aliphatic heterocycles. The van der Waals surface area contributed by atoms with Crippen LogP contribution >= 0.6 is 0 Å². The smallest absolute Gasteiger partial charge is 0.305 e. The first kappa shape index (κ1) is 19.1. The van der Waals surface area contributed by atoms with E-state index in [0.29, 0.717) is 11.3 Å². The molecule has 0 heterocycles. The number of hydrogen-bond donors (Lipinski definition) is 6. The van der Waals surface area contributed by atoms with Gasteiger partial charge in [-0.2, -0.15) is 0 Å². The van der Waals surface area contributed by atoms with Gasteiger partial charge in [0.05, 0.1) is 19.1 Å². The molecule has 0 spiro atoms. The van der Waals surface area contributed by atoms with Crippen LogP contribution < -0.4 is 16.4 Å². The third-order valence-corrected chi connectivity index (χ3v) is 3.07. The number of hydrogen-bond acceptors (Lipinski definition) is 5. The number of amides is 2. The fourth-order valence-corrected chi connectivity index (χ4v) is 1.86. The van der Waals surface area contributed by atoms with E-state index in [1.807, 2.05) is 0 Å². The Morgan fingerprint density at radius 3 is 2.21 bits per heavy atom. The van der Waals surface area contributed by atoms with Crippen LogP contribution in [-0.2, 0) is 14.4 Å². The van der Waals surface area contributed by atoms with Crippen molar-refractivity contribution in [1.29, 1.82) is 5.41 Å². The van der Waals surface area contributed by atoms with Crippen LogP contribution in [0.2, 0.25) is 0 Å². The van der Waals surface area contributed by atoms with Gasteiger partial charge in [0.1, 0.15) is 5.84 Å². The Hall–Kier alpha value is -2.94. The fourth-order valence-electron chi connectivity index (χ4n) is 1.86. The number of amidine groups is 1. The largest absolute Gasteiger partial charge is 0.481 e. The second-order valence-electron chi connectivity index (χ2n) is 5.08. The van der Waals surface area contributed by atoms with E-state index in [1.54, 1.807) is 24.3 Å². The van der Waals surface area contributed by atoms with Gasteiger partial charge < -0.3 is 26.6 Å². The summed E-state index contributed by atoms with van der Waals surface area (Å²) >= 11 is 0. The summed E-state index contributed by atoms with van der Waals surface area (Å²) in [6, 6.07) is 5.47. The normalized spacial score (nSPS) is 11.4. The number of aliphatic hydroxyl groups is 1. The van der Waals surface area contributed by atoms with E-state index in [4.69, 9.17) is 21.4 Å². The van der Waals surface area contributed by atoms with Gasteiger partial charge in [0, 0.05) is 24.1 Å². The van der Waals surface area contributed by atoms with E-state index in [0.717, 1.165) is 0 Å². The zero-order chi connectivity index (χ0) is 18.1. The van der Waals surface area contributed by atoms with E-state index in [9.17, 15) is 14.4 Å². The van der Waals surface area contributed by atoms with Crippen LogP contribution in [0.1, 0.15) is 24.8 Å². The third-order valence-electron chi connectivity index (χ3n) is 3.07. The highest BCUT2D eigenvalue weighted by molar-refractivity contribution is 5.96. The molecule has 130 valence electrons. The molecular weight excluding hydrogens is 316 g/mol. The molecule has 0 unspecified atom stereocenters. The number of nitrogens with one attached hydrogen (secondary N) is 3. The van der Waals surface area contributed by atoms with Gasteiger partial charge in [-0.15, -0.1) is 0 Å². The molecule has 0 radical (unpaired) electrons. The van der Waals surface area contributed by atoms with E-state index >= 15 is 0 Å². The maximum absolute atomic E-state index is 11.8. The number of carbonyl (C=O) groups excluding carboxylic acids is 2. The SMILES string of the molecule is N=C(N)c1ccc(NC(=O)CCC(=O)N[C@H](CO)CC(=O)O)cc1. The molecule has 0 aliphatic rings. The first-order valence-corrected chi connectivity index (χ1v) is 7.18. The van der Waals surface area contributed by atoms with Crippen LogP contribution in [0.3, 0.4) is 0 Å². The lowest BCUT2D eigenvalue weighted by molar-refractivity contribution is -0.138. The molecule has 9 nitrogen and oxygen atoms in total. The zero-order valence-corrected chi connectivity index (χ0v) is 12.9. The fraction of sp³-hybridized carbons (Fsp3) is 0.333. The molecule has 1 rings (SSSR count).